The molecule has 1 aliphatic rings. The van der Waals surface area contributed by atoms with Crippen molar-refractivity contribution in [2.24, 2.45) is 0 Å². The van der Waals surface area contributed by atoms with Gasteiger partial charge in [0.2, 0.25) is 5.91 Å². The van der Waals surface area contributed by atoms with Gasteiger partial charge in [0.1, 0.15) is 5.76 Å². The highest BCUT2D eigenvalue weighted by Crippen LogP contribution is 2.25. The molecule has 0 unspecified atom stereocenters. The van der Waals surface area contributed by atoms with Crippen LogP contribution in [0.15, 0.2) is 83.5 Å². The fraction of sp³-hybridized carbons (Fsp3) is 0.346. The van der Waals surface area contributed by atoms with Crippen molar-refractivity contribution >= 4 is 11.6 Å². The summed E-state index contributed by atoms with van der Waals surface area (Å²) in [6.07, 6.45) is 5.88. The van der Waals surface area contributed by atoms with Crippen molar-refractivity contribution in [1.82, 2.24) is 4.90 Å². The topological polar surface area (TPSA) is 36.7 Å². The Balaban J connectivity index is 1.36. The molecule has 2 aromatic carbocycles. The second-order valence-corrected chi connectivity index (χ2v) is 7.99. The third-order valence-electron chi connectivity index (χ3n) is 5.95. The number of amides is 1. The largest absolute Gasteiger partial charge is 0.469 e. The molecule has 4 rings (SSSR count). The zero-order valence-electron chi connectivity index (χ0n) is 17.5. The Morgan fingerprint density at radius 1 is 0.900 bits per heavy atom. The summed E-state index contributed by atoms with van der Waals surface area (Å²) in [5, 5.41) is 0. The second-order valence-electron chi connectivity index (χ2n) is 7.99. The Kier molecular flexibility index (Phi) is 6.99. The van der Waals surface area contributed by atoms with Gasteiger partial charge < -0.3 is 14.2 Å². The number of hydrogen-bond acceptors (Lipinski definition) is 3. The predicted octanol–water partition coefficient (Wildman–Crippen LogP) is 4.95. The number of carbonyl (C=O) groups is 1. The molecule has 2 heterocycles. The first kappa shape index (κ1) is 20.4. The van der Waals surface area contributed by atoms with E-state index in [0.29, 0.717) is 12.8 Å². The summed E-state index contributed by atoms with van der Waals surface area (Å²) >= 11 is 0. The molecule has 0 atom stereocenters. The average Bonchev–Trinajstić information content (AvgIpc) is 3.33. The molecule has 1 fully saturated rings. The fourth-order valence-corrected chi connectivity index (χ4v) is 4.29. The van der Waals surface area contributed by atoms with Crippen LogP contribution in [0.4, 0.5) is 5.69 Å². The number of aryl methyl sites for hydroxylation is 1. The van der Waals surface area contributed by atoms with Gasteiger partial charge in [0.25, 0.3) is 0 Å². The third kappa shape index (κ3) is 5.39. The lowest BCUT2D eigenvalue weighted by Crippen LogP contribution is -2.48. The minimum atomic E-state index is 0.181. The highest BCUT2D eigenvalue weighted by molar-refractivity contribution is 5.94. The van der Waals surface area contributed by atoms with E-state index in [4.69, 9.17) is 4.42 Å². The highest BCUT2D eigenvalue weighted by atomic mass is 16.3. The number of rotatable bonds is 8. The van der Waals surface area contributed by atoms with Gasteiger partial charge in [-0.3, -0.25) is 4.79 Å². The third-order valence-corrected chi connectivity index (χ3v) is 5.95. The summed E-state index contributed by atoms with van der Waals surface area (Å²) in [5.41, 5.74) is 2.39. The van der Waals surface area contributed by atoms with E-state index >= 15 is 0 Å². The highest BCUT2D eigenvalue weighted by Gasteiger charge is 2.28. The van der Waals surface area contributed by atoms with Gasteiger partial charge in [-0.1, -0.05) is 48.5 Å². The summed E-state index contributed by atoms with van der Waals surface area (Å²) in [6, 6.07) is 24.9. The summed E-state index contributed by atoms with van der Waals surface area (Å²) in [7, 11) is 0. The van der Waals surface area contributed by atoms with E-state index in [2.05, 4.69) is 35.2 Å². The Labute approximate surface area is 179 Å². The quantitative estimate of drug-likeness (QED) is 0.535. The smallest absolute Gasteiger partial charge is 0.227 e. The Bertz CT molecular complexity index is 885. The van der Waals surface area contributed by atoms with E-state index in [1.54, 1.807) is 6.26 Å². The van der Waals surface area contributed by atoms with Gasteiger partial charge in [0.15, 0.2) is 0 Å². The summed E-state index contributed by atoms with van der Waals surface area (Å²) in [6.45, 7) is 3.15. The molecular weight excluding hydrogens is 372 g/mol. The minimum absolute atomic E-state index is 0.181. The van der Waals surface area contributed by atoms with Crippen molar-refractivity contribution in [2.75, 3.05) is 24.5 Å². The van der Waals surface area contributed by atoms with Crippen LogP contribution in [0.25, 0.3) is 0 Å². The normalized spacial score (nSPS) is 15.2. The molecule has 3 aromatic rings. The number of carbonyl (C=O) groups excluding carboxylic acids is 1. The summed E-state index contributed by atoms with van der Waals surface area (Å²) < 4.78 is 5.41. The lowest BCUT2D eigenvalue weighted by molar-refractivity contribution is -0.119. The first-order valence-electron chi connectivity index (χ1n) is 11.0. The number of benzene rings is 2. The van der Waals surface area contributed by atoms with Gasteiger partial charge in [0.05, 0.1) is 6.26 Å². The van der Waals surface area contributed by atoms with Gasteiger partial charge in [-0.05, 0) is 49.1 Å². The zero-order valence-corrected chi connectivity index (χ0v) is 17.5. The molecule has 0 N–H and O–H groups in total. The Hall–Kier alpha value is -2.85. The van der Waals surface area contributed by atoms with Gasteiger partial charge in [-0.25, -0.2) is 0 Å². The molecule has 0 radical (unpaired) electrons. The van der Waals surface area contributed by atoms with Crippen LogP contribution in [0, 0.1) is 0 Å². The van der Waals surface area contributed by atoms with Crippen molar-refractivity contribution in [2.45, 2.75) is 38.1 Å². The summed E-state index contributed by atoms with van der Waals surface area (Å²) in [4.78, 5) is 17.8. The van der Waals surface area contributed by atoms with E-state index < -0.39 is 0 Å². The van der Waals surface area contributed by atoms with Crippen LogP contribution in [-0.2, 0) is 17.6 Å². The van der Waals surface area contributed by atoms with Crippen LogP contribution in [0.1, 0.15) is 30.6 Å². The number of furan rings is 1. The Morgan fingerprint density at radius 2 is 1.60 bits per heavy atom. The Morgan fingerprint density at radius 3 is 2.27 bits per heavy atom. The molecule has 1 aliphatic heterocycles. The molecule has 1 aromatic heterocycles. The average molecular weight is 403 g/mol. The lowest BCUT2D eigenvalue weighted by Gasteiger charge is -2.38. The monoisotopic (exact) mass is 402 g/mol. The number of piperidine rings is 1. The van der Waals surface area contributed by atoms with Crippen molar-refractivity contribution in [3.63, 3.8) is 0 Å². The SMILES string of the molecule is O=C(CCc1ccco1)N(c1ccccc1)C1CCN(CCc2ccccc2)CC1. The van der Waals surface area contributed by atoms with Gasteiger partial charge >= 0.3 is 0 Å². The zero-order chi connectivity index (χ0) is 20.6. The molecule has 0 aliphatic carbocycles. The minimum Gasteiger partial charge on any atom is -0.469 e. The van der Waals surface area contributed by atoms with Crippen molar-refractivity contribution in [3.05, 3.63) is 90.4 Å². The van der Waals surface area contributed by atoms with E-state index in [1.807, 2.05) is 47.4 Å². The molecule has 0 spiro atoms. The molecule has 156 valence electrons. The maximum Gasteiger partial charge on any atom is 0.227 e. The first-order valence-corrected chi connectivity index (χ1v) is 11.0. The van der Waals surface area contributed by atoms with E-state index in [9.17, 15) is 4.79 Å². The van der Waals surface area contributed by atoms with Crippen LogP contribution in [0.2, 0.25) is 0 Å². The van der Waals surface area contributed by atoms with Crippen molar-refractivity contribution < 1.29 is 9.21 Å². The van der Waals surface area contributed by atoms with E-state index in [0.717, 1.165) is 50.3 Å². The maximum atomic E-state index is 13.2. The van der Waals surface area contributed by atoms with Crippen LogP contribution >= 0.6 is 0 Å². The van der Waals surface area contributed by atoms with E-state index in [1.165, 1.54) is 5.56 Å². The second kappa shape index (κ2) is 10.3. The molecule has 0 bridgehead atoms. The number of anilines is 1. The molecule has 4 nitrogen and oxygen atoms in total. The van der Waals surface area contributed by atoms with Gasteiger partial charge in [0, 0.05) is 44.2 Å². The first-order chi connectivity index (χ1) is 14.8. The van der Waals surface area contributed by atoms with Crippen LogP contribution in [-0.4, -0.2) is 36.5 Å². The predicted molar refractivity (Wildman–Crippen MR) is 121 cm³/mol. The van der Waals surface area contributed by atoms with Crippen LogP contribution < -0.4 is 4.90 Å². The van der Waals surface area contributed by atoms with Gasteiger partial charge in [-0.2, -0.15) is 0 Å². The molecular formula is C26H30N2O2. The molecule has 30 heavy (non-hydrogen) atoms. The number of nitrogens with zero attached hydrogens (tertiary/aromatic N) is 2. The molecule has 1 amide bonds. The summed E-state index contributed by atoms with van der Waals surface area (Å²) in [5.74, 6) is 1.05. The van der Waals surface area contributed by atoms with Crippen LogP contribution in [0.5, 0.6) is 0 Å². The standard InChI is InChI=1S/C26H30N2O2/c29-26(14-13-25-12-7-21-30-25)28(23-10-5-2-6-11-23)24-16-19-27(20-17-24)18-15-22-8-3-1-4-9-22/h1-12,21,24H,13-20H2. The number of hydrogen-bond donors (Lipinski definition) is 0. The van der Waals surface area contributed by atoms with Crippen molar-refractivity contribution in [3.8, 4) is 0 Å². The van der Waals surface area contributed by atoms with Gasteiger partial charge in [-0.15, -0.1) is 0 Å². The maximum absolute atomic E-state index is 13.2. The molecule has 1 saturated heterocycles. The number of para-hydroxylation sites is 1. The van der Waals surface area contributed by atoms with Crippen LogP contribution in [0.3, 0.4) is 0 Å². The lowest BCUT2D eigenvalue weighted by atomic mass is 10.0. The molecule has 4 heteroatoms. The molecule has 0 saturated carbocycles. The van der Waals surface area contributed by atoms with Crippen molar-refractivity contribution in [1.29, 1.82) is 0 Å². The van der Waals surface area contributed by atoms with E-state index in [-0.39, 0.29) is 11.9 Å². The fourth-order valence-electron chi connectivity index (χ4n) is 4.29. The number of likely N-dealkylation sites (tertiary alicyclic amines) is 1.